The topological polar surface area (TPSA) is 80.1 Å². The molecule has 2 amide bonds. The molecule has 2 aromatic heterocycles. The van der Waals surface area contributed by atoms with E-state index >= 15 is 0 Å². The number of anilines is 1. The van der Waals surface area contributed by atoms with E-state index in [1.165, 1.54) is 15.8 Å². The first-order valence-electron chi connectivity index (χ1n) is 9.32. The number of halogens is 1. The molecule has 3 aromatic rings. The Bertz CT molecular complexity index is 1050. The Kier molecular flexibility index (Phi) is 5.07. The molecule has 29 heavy (non-hydrogen) atoms. The zero-order valence-electron chi connectivity index (χ0n) is 15.9. The summed E-state index contributed by atoms with van der Waals surface area (Å²) in [6.07, 6.45) is 3.79. The highest BCUT2D eigenvalue weighted by Crippen LogP contribution is 2.23. The van der Waals surface area contributed by atoms with Crippen LogP contribution in [0.2, 0.25) is 0 Å². The second kappa shape index (κ2) is 7.83. The highest BCUT2D eigenvalue weighted by Gasteiger charge is 2.31. The second-order valence-corrected chi connectivity index (χ2v) is 6.96. The smallest absolute Gasteiger partial charge is 0.275 e. The molecule has 8 heteroatoms. The standard InChI is InChI=1S/C21H20FN5O2/c1-26-19-15(8-5-11-23-19)9-10-17(21(26)29)24-20(28)18-16(22)13-27(25-18)12-14-6-3-2-4-7-14/h2-8,11,13,17H,9-10,12H2,1H3,(H,24,28). The number of likely N-dealkylation sites (N-methyl/N-ethyl adjacent to an activating group) is 1. The van der Waals surface area contributed by atoms with Gasteiger partial charge in [0.05, 0.1) is 12.7 Å². The molecule has 0 saturated carbocycles. The van der Waals surface area contributed by atoms with Gasteiger partial charge in [-0.2, -0.15) is 5.10 Å². The van der Waals surface area contributed by atoms with Crippen molar-refractivity contribution in [3.8, 4) is 0 Å². The number of fused-ring (bicyclic) bond motifs is 1. The zero-order chi connectivity index (χ0) is 20.4. The Hall–Kier alpha value is -3.55. The van der Waals surface area contributed by atoms with Crippen LogP contribution in [0, 0.1) is 5.82 Å². The third kappa shape index (κ3) is 3.87. The van der Waals surface area contributed by atoms with Crippen LogP contribution in [0.25, 0.3) is 0 Å². The van der Waals surface area contributed by atoms with Crippen molar-refractivity contribution >= 4 is 17.6 Å². The third-order valence-electron chi connectivity index (χ3n) is 4.94. The monoisotopic (exact) mass is 393 g/mol. The van der Waals surface area contributed by atoms with Crippen molar-refractivity contribution in [2.24, 2.45) is 0 Å². The number of amides is 2. The maximum absolute atomic E-state index is 14.3. The van der Waals surface area contributed by atoms with E-state index in [0.717, 1.165) is 11.1 Å². The fourth-order valence-electron chi connectivity index (χ4n) is 3.45. The van der Waals surface area contributed by atoms with Crippen LogP contribution in [-0.4, -0.2) is 39.7 Å². The summed E-state index contributed by atoms with van der Waals surface area (Å²) in [5, 5.41) is 6.70. The van der Waals surface area contributed by atoms with Gasteiger partial charge in [0.25, 0.3) is 5.91 Å². The molecule has 1 atom stereocenters. The number of nitrogens with zero attached hydrogens (tertiary/aromatic N) is 4. The first kappa shape index (κ1) is 18.8. The van der Waals surface area contributed by atoms with Crippen molar-refractivity contribution in [3.05, 3.63) is 77.5 Å². The SMILES string of the molecule is CN1C(=O)C(NC(=O)c2nn(Cc3ccccc3)cc2F)CCc2cccnc21. The Labute approximate surface area is 167 Å². The highest BCUT2D eigenvalue weighted by molar-refractivity contribution is 6.01. The van der Waals surface area contributed by atoms with Crippen molar-refractivity contribution in [1.82, 2.24) is 20.1 Å². The first-order chi connectivity index (χ1) is 14.0. The van der Waals surface area contributed by atoms with Crippen LogP contribution in [0.4, 0.5) is 10.2 Å². The first-order valence-corrected chi connectivity index (χ1v) is 9.32. The molecule has 0 saturated heterocycles. The fraction of sp³-hybridized carbons (Fsp3) is 0.238. The predicted octanol–water partition coefficient (Wildman–Crippen LogP) is 2.17. The molecular weight excluding hydrogens is 373 g/mol. The summed E-state index contributed by atoms with van der Waals surface area (Å²) in [6.45, 7) is 0.344. The molecule has 3 heterocycles. The highest BCUT2D eigenvalue weighted by atomic mass is 19.1. The number of carbonyl (C=O) groups excluding carboxylic acids is 2. The summed E-state index contributed by atoms with van der Waals surface area (Å²) in [5.74, 6) is -1.15. The molecule has 0 spiro atoms. The Morgan fingerprint density at radius 2 is 2.03 bits per heavy atom. The van der Waals surface area contributed by atoms with E-state index in [1.807, 2.05) is 42.5 Å². The summed E-state index contributed by atoms with van der Waals surface area (Å²) < 4.78 is 15.7. The molecule has 1 aliphatic heterocycles. The van der Waals surface area contributed by atoms with Crippen LogP contribution >= 0.6 is 0 Å². The molecule has 0 aliphatic carbocycles. The molecular formula is C21H20FN5O2. The fourth-order valence-corrected chi connectivity index (χ4v) is 3.45. The second-order valence-electron chi connectivity index (χ2n) is 6.96. The van der Waals surface area contributed by atoms with Gasteiger partial charge in [0.15, 0.2) is 11.5 Å². The maximum Gasteiger partial charge on any atom is 0.275 e. The maximum atomic E-state index is 14.3. The Balaban J connectivity index is 1.49. The van der Waals surface area contributed by atoms with Crippen LogP contribution in [0.3, 0.4) is 0 Å². The van der Waals surface area contributed by atoms with Crippen molar-refractivity contribution in [1.29, 1.82) is 0 Å². The van der Waals surface area contributed by atoms with Crippen molar-refractivity contribution in [3.63, 3.8) is 0 Å². The van der Waals surface area contributed by atoms with Gasteiger partial charge in [0, 0.05) is 13.2 Å². The van der Waals surface area contributed by atoms with Crippen LogP contribution in [0.5, 0.6) is 0 Å². The number of nitrogens with one attached hydrogen (secondary N) is 1. The molecule has 1 aromatic carbocycles. The van der Waals surface area contributed by atoms with Gasteiger partial charge in [0.2, 0.25) is 5.91 Å². The van der Waals surface area contributed by atoms with Gasteiger partial charge < -0.3 is 5.32 Å². The zero-order valence-corrected chi connectivity index (χ0v) is 15.9. The summed E-state index contributed by atoms with van der Waals surface area (Å²) >= 11 is 0. The molecule has 4 rings (SSSR count). The normalized spacial score (nSPS) is 16.3. The molecule has 0 radical (unpaired) electrons. The van der Waals surface area contributed by atoms with Gasteiger partial charge in [-0.25, -0.2) is 9.37 Å². The number of aryl methyl sites for hydroxylation is 1. The van der Waals surface area contributed by atoms with Gasteiger partial charge in [0.1, 0.15) is 11.9 Å². The van der Waals surface area contributed by atoms with Gasteiger partial charge in [-0.15, -0.1) is 0 Å². The summed E-state index contributed by atoms with van der Waals surface area (Å²) in [6, 6.07) is 12.4. The minimum Gasteiger partial charge on any atom is -0.339 e. The van der Waals surface area contributed by atoms with Crippen LogP contribution in [-0.2, 0) is 17.8 Å². The number of hydrogen-bond donors (Lipinski definition) is 1. The van der Waals surface area contributed by atoms with E-state index in [2.05, 4.69) is 15.4 Å². The lowest BCUT2D eigenvalue weighted by Gasteiger charge is -2.20. The molecule has 0 fully saturated rings. The molecule has 148 valence electrons. The lowest BCUT2D eigenvalue weighted by atomic mass is 10.1. The van der Waals surface area contributed by atoms with E-state index in [0.29, 0.717) is 25.2 Å². The van der Waals surface area contributed by atoms with Crippen molar-refractivity contribution < 1.29 is 14.0 Å². The van der Waals surface area contributed by atoms with Crippen molar-refractivity contribution in [2.75, 3.05) is 11.9 Å². The number of carbonyl (C=O) groups is 2. The average molecular weight is 393 g/mol. The lowest BCUT2D eigenvalue weighted by Crippen LogP contribution is -2.47. The van der Waals surface area contributed by atoms with E-state index < -0.39 is 17.8 Å². The average Bonchev–Trinajstić information content (AvgIpc) is 3.05. The predicted molar refractivity (Wildman–Crippen MR) is 105 cm³/mol. The number of benzene rings is 1. The molecule has 1 N–H and O–H groups in total. The largest absolute Gasteiger partial charge is 0.339 e. The molecule has 7 nitrogen and oxygen atoms in total. The number of pyridine rings is 1. The van der Waals surface area contributed by atoms with Crippen LogP contribution in [0.1, 0.15) is 28.0 Å². The number of rotatable bonds is 4. The number of aromatic nitrogens is 3. The van der Waals surface area contributed by atoms with Gasteiger partial charge in [-0.1, -0.05) is 36.4 Å². The molecule has 0 bridgehead atoms. The minimum atomic E-state index is -0.777. The molecule has 1 aliphatic rings. The third-order valence-corrected chi connectivity index (χ3v) is 4.94. The summed E-state index contributed by atoms with van der Waals surface area (Å²) in [4.78, 5) is 31.1. The van der Waals surface area contributed by atoms with E-state index in [-0.39, 0.29) is 11.6 Å². The summed E-state index contributed by atoms with van der Waals surface area (Å²) in [5.41, 5.74) is 1.54. The minimum absolute atomic E-state index is 0.292. The Morgan fingerprint density at radius 1 is 1.24 bits per heavy atom. The lowest BCUT2D eigenvalue weighted by molar-refractivity contribution is -0.120. The number of hydrogen-bond acceptors (Lipinski definition) is 4. The quantitative estimate of drug-likeness (QED) is 0.737. The van der Waals surface area contributed by atoms with Gasteiger partial charge >= 0.3 is 0 Å². The van der Waals surface area contributed by atoms with Crippen molar-refractivity contribution in [2.45, 2.75) is 25.4 Å². The van der Waals surface area contributed by atoms with Gasteiger partial charge in [-0.3, -0.25) is 19.2 Å². The van der Waals surface area contributed by atoms with Crippen LogP contribution in [0.15, 0.2) is 54.9 Å². The summed E-state index contributed by atoms with van der Waals surface area (Å²) in [7, 11) is 1.62. The van der Waals surface area contributed by atoms with Gasteiger partial charge in [-0.05, 0) is 30.0 Å². The van der Waals surface area contributed by atoms with E-state index in [1.54, 1.807) is 13.2 Å². The van der Waals surface area contributed by atoms with Crippen LogP contribution < -0.4 is 10.2 Å². The Morgan fingerprint density at radius 3 is 2.83 bits per heavy atom. The van der Waals surface area contributed by atoms with E-state index in [4.69, 9.17) is 0 Å². The van der Waals surface area contributed by atoms with E-state index in [9.17, 15) is 14.0 Å². The molecule has 1 unspecified atom stereocenters.